The minimum atomic E-state index is -0.149. The lowest BCUT2D eigenvalue weighted by Gasteiger charge is -2.12. The van der Waals surface area contributed by atoms with Crippen molar-refractivity contribution in [3.8, 4) is 23.0 Å². The summed E-state index contributed by atoms with van der Waals surface area (Å²) in [4.78, 5) is 17.2. The molecule has 0 saturated heterocycles. The topological polar surface area (TPSA) is 78.9 Å². The van der Waals surface area contributed by atoms with Gasteiger partial charge in [0.05, 0.1) is 39.7 Å². The number of fused-ring (bicyclic) bond motifs is 1. The molecule has 3 rings (SSSR count). The Morgan fingerprint density at radius 1 is 0.900 bits per heavy atom. The Hall–Kier alpha value is -3.13. The van der Waals surface area contributed by atoms with E-state index in [4.69, 9.17) is 23.9 Å². The van der Waals surface area contributed by atoms with Crippen molar-refractivity contribution in [2.45, 2.75) is 11.9 Å². The van der Waals surface area contributed by atoms with Gasteiger partial charge < -0.3 is 24.3 Å². The second-order valence-electron chi connectivity index (χ2n) is 6.45. The number of thioether (sulfide) groups is 1. The number of amides is 1. The van der Waals surface area contributed by atoms with Gasteiger partial charge >= 0.3 is 0 Å². The summed E-state index contributed by atoms with van der Waals surface area (Å²) in [5.41, 5.74) is 2.37. The number of ether oxygens (including phenoxy) is 4. The number of hydrogen-bond acceptors (Lipinski definition) is 7. The number of carbonyl (C=O) groups excluding carboxylic acids is 1. The smallest absolute Gasteiger partial charge is 0.234 e. The number of aromatic nitrogens is 1. The Morgan fingerprint density at radius 2 is 1.53 bits per heavy atom. The van der Waals surface area contributed by atoms with Crippen LogP contribution in [0, 0.1) is 6.92 Å². The van der Waals surface area contributed by atoms with Gasteiger partial charge in [-0.25, -0.2) is 4.98 Å². The van der Waals surface area contributed by atoms with Crippen molar-refractivity contribution in [2.75, 3.05) is 39.5 Å². The summed E-state index contributed by atoms with van der Waals surface area (Å²) in [6.07, 6.45) is 0. The van der Waals surface area contributed by atoms with Crippen molar-refractivity contribution in [1.29, 1.82) is 0 Å². The lowest BCUT2D eigenvalue weighted by atomic mass is 10.1. The van der Waals surface area contributed by atoms with Crippen LogP contribution in [0.15, 0.2) is 41.4 Å². The molecule has 0 fully saturated rings. The lowest BCUT2D eigenvalue weighted by Crippen LogP contribution is -2.14. The largest absolute Gasteiger partial charge is 0.497 e. The maximum Gasteiger partial charge on any atom is 0.234 e. The molecule has 3 aromatic rings. The highest BCUT2D eigenvalue weighted by Gasteiger charge is 2.12. The molecule has 0 saturated carbocycles. The molecule has 0 radical (unpaired) electrons. The summed E-state index contributed by atoms with van der Waals surface area (Å²) in [5, 5.41) is 4.60. The number of carbonyl (C=O) groups is 1. The van der Waals surface area contributed by atoms with Crippen LogP contribution in [0.5, 0.6) is 23.0 Å². The third kappa shape index (κ3) is 4.88. The van der Waals surface area contributed by atoms with E-state index >= 15 is 0 Å². The van der Waals surface area contributed by atoms with Crippen LogP contribution in [0.4, 0.5) is 5.69 Å². The lowest BCUT2D eigenvalue weighted by molar-refractivity contribution is -0.113. The summed E-state index contributed by atoms with van der Waals surface area (Å²) in [6.45, 7) is 1.97. The summed E-state index contributed by atoms with van der Waals surface area (Å²) < 4.78 is 21.2. The average molecular weight is 429 g/mol. The number of anilines is 1. The second-order valence-corrected chi connectivity index (χ2v) is 7.41. The van der Waals surface area contributed by atoms with Crippen LogP contribution in [-0.2, 0) is 4.79 Å². The second kappa shape index (κ2) is 9.58. The molecule has 8 heteroatoms. The van der Waals surface area contributed by atoms with Gasteiger partial charge in [0.2, 0.25) is 5.91 Å². The molecule has 1 aromatic heterocycles. The van der Waals surface area contributed by atoms with Crippen molar-refractivity contribution >= 4 is 34.3 Å². The maximum atomic E-state index is 12.5. The average Bonchev–Trinajstić information content (AvgIpc) is 2.76. The normalized spacial score (nSPS) is 10.6. The van der Waals surface area contributed by atoms with Gasteiger partial charge in [-0.15, -0.1) is 0 Å². The van der Waals surface area contributed by atoms with Crippen LogP contribution in [0.25, 0.3) is 10.9 Å². The molecule has 0 bridgehead atoms. The first-order valence-corrected chi connectivity index (χ1v) is 10.1. The number of aryl methyl sites for hydroxylation is 1. The quantitative estimate of drug-likeness (QED) is 0.536. The molecule has 1 N–H and O–H groups in total. The van der Waals surface area contributed by atoms with Gasteiger partial charge in [-0.05, 0) is 24.6 Å². The minimum Gasteiger partial charge on any atom is -0.497 e. The predicted molar refractivity (Wildman–Crippen MR) is 118 cm³/mol. The first-order valence-electron chi connectivity index (χ1n) is 9.16. The zero-order chi connectivity index (χ0) is 21.7. The third-order valence-electron chi connectivity index (χ3n) is 4.44. The van der Waals surface area contributed by atoms with Crippen LogP contribution in [0.2, 0.25) is 0 Å². The number of hydrogen-bond donors (Lipinski definition) is 1. The molecule has 0 unspecified atom stereocenters. The Kier molecular flexibility index (Phi) is 6.89. The summed E-state index contributed by atoms with van der Waals surface area (Å²) in [7, 11) is 6.32. The van der Waals surface area contributed by atoms with E-state index in [0.29, 0.717) is 28.7 Å². The molecule has 1 amide bonds. The number of methoxy groups -OCH3 is 4. The first kappa shape index (κ1) is 21.6. The highest BCUT2D eigenvalue weighted by molar-refractivity contribution is 8.00. The molecular weight excluding hydrogens is 404 g/mol. The Labute approximate surface area is 179 Å². The van der Waals surface area contributed by atoms with Crippen molar-refractivity contribution in [3.05, 3.63) is 42.0 Å². The molecule has 0 atom stereocenters. The molecule has 7 nitrogen and oxygen atoms in total. The molecule has 1 heterocycles. The third-order valence-corrected chi connectivity index (χ3v) is 5.53. The SMILES string of the molecule is COc1cc(NC(=O)CSc2nc3cc(OC)c(OC)cc3cc2C)cc(OC)c1. The maximum absolute atomic E-state index is 12.5. The minimum absolute atomic E-state index is 0.149. The summed E-state index contributed by atoms with van der Waals surface area (Å²) in [6, 6.07) is 11.0. The summed E-state index contributed by atoms with van der Waals surface area (Å²) >= 11 is 1.37. The molecule has 0 spiro atoms. The number of pyridine rings is 1. The van der Waals surface area contributed by atoms with Crippen LogP contribution >= 0.6 is 11.8 Å². The zero-order valence-electron chi connectivity index (χ0n) is 17.6. The highest BCUT2D eigenvalue weighted by atomic mass is 32.2. The van der Waals surface area contributed by atoms with Gasteiger partial charge in [0.15, 0.2) is 11.5 Å². The van der Waals surface area contributed by atoms with E-state index in [-0.39, 0.29) is 11.7 Å². The van der Waals surface area contributed by atoms with Crippen molar-refractivity contribution in [3.63, 3.8) is 0 Å². The fourth-order valence-corrected chi connectivity index (χ4v) is 3.74. The zero-order valence-corrected chi connectivity index (χ0v) is 18.4. The molecule has 2 aromatic carbocycles. The molecule has 158 valence electrons. The van der Waals surface area contributed by atoms with Gasteiger partial charge in [-0.1, -0.05) is 11.8 Å². The highest BCUT2D eigenvalue weighted by Crippen LogP contribution is 2.34. The van der Waals surface area contributed by atoms with Crippen LogP contribution < -0.4 is 24.3 Å². The van der Waals surface area contributed by atoms with Crippen LogP contribution in [0.3, 0.4) is 0 Å². The number of rotatable bonds is 8. The van der Waals surface area contributed by atoms with Gasteiger partial charge in [-0.2, -0.15) is 0 Å². The van der Waals surface area contributed by atoms with E-state index < -0.39 is 0 Å². The van der Waals surface area contributed by atoms with Crippen LogP contribution in [0.1, 0.15) is 5.56 Å². The van der Waals surface area contributed by atoms with Crippen molar-refractivity contribution in [2.24, 2.45) is 0 Å². The first-order chi connectivity index (χ1) is 14.5. The fourth-order valence-electron chi connectivity index (χ4n) is 2.95. The number of nitrogens with zero attached hydrogens (tertiary/aromatic N) is 1. The van der Waals surface area contributed by atoms with Gasteiger partial charge in [0.25, 0.3) is 0 Å². The van der Waals surface area contributed by atoms with E-state index in [9.17, 15) is 4.79 Å². The number of nitrogens with one attached hydrogen (secondary N) is 1. The van der Waals surface area contributed by atoms with Crippen molar-refractivity contribution in [1.82, 2.24) is 4.98 Å². The van der Waals surface area contributed by atoms with E-state index in [1.165, 1.54) is 11.8 Å². The fraction of sp³-hybridized carbons (Fsp3) is 0.273. The molecule has 30 heavy (non-hydrogen) atoms. The van der Waals surface area contributed by atoms with E-state index in [1.54, 1.807) is 46.6 Å². The summed E-state index contributed by atoms with van der Waals surface area (Å²) in [5.74, 6) is 2.54. The Balaban J connectivity index is 1.75. The van der Waals surface area contributed by atoms with Crippen LogP contribution in [-0.4, -0.2) is 45.1 Å². The van der Waals surface area contributed by atoms with E-state index in [0.717, 1.165) is 21.5 Å². The van der Waals surface area contributed by atoms with Gasteiger partial charge in [-0.3, -0.25) is 4.79 Å². The standard InChI is InChI=1S/C22H24N2O5S/c1-13-6-14-7-19(28-4)20(29-5)11-18(14)24-22(13)30-12-21(25)23-15-8-16(26-2)10-17(9-15)27-3/h6-11H,12H2,1-5H3,(H,23,25). The molecular formula is C22H24N2O5S. The van der Waals surface area contributed by atoms with E-state index in [1.807, 2.05) is 25.1 Å². The van der Waals surface area contributed by atoms with E-state index in [2.05, 4.69) is 5.32 Å². The molecule has 0 aliphatic carbocycles. The predicted octanol–water partition coefficient (Wildman–Crippen LogP) is 4.31. The van der Waals surface area contributed by atoms with Crippen molar-refractivity contribution < 1.29 is 23.7 Å². The number of benzene rings is 2. The Bertz CT molecular complexity index is 1050. The van der Waals surface area contributed by atoms with Gasteiger partial charge in [0, 0.05) is 35.3 Å². The Morgan fingerprint density at radius 3 is 2.13 bits per heavy atom. The molecule has 0 aliphatic heterocycles. The molecule has 0 aliphatic rings. The van der Waals surface area contributed by atoms with Gasteiger partial charge in [0.1, 0.15) is 16.5 Å². The monoisotopic (exact) mass is 428 g/mol.